The molecule has 3 aromatic rings. The lowest BCUT2D eigenvalue weighted by Gasteiger charge is -2.11. The number of amides is 1. The summed E-state index contributed by atoms with van der Waals surface area (Å²) in [6.07, 6.45) is 7.04. The van der Waals surface area contributed by atoms with Gasteiger partial charge in [-0.1, -0.05) is 0 Å². The normalized spacial score (nSPS) is 11.8. The number of ether oxygens (including phenoxy) is 1. The minimum absolute atomic E-state index is 0.0306. The van der Waals surface area contributed by atoms with Crippen molar-refractivity contribution >= 4 is 17.5 Å². The summed E-state index contributed by atoms with van der Waals surface area (Å²) < 4.78 is 21.3. The highest BCUT2D eigenvalue weighted by atomic mass is 19.1. The van der Waals surface area contributed by atoms with Crippen molar-refractivity contribution < 1.29 is 19.0 Å². The van der Waals surface area contributed by atoms with Crippen LogP contribution in [0.25, 0.3) is 0 Å². The third-order valence-electron chi connectivity index (χ3n) is 4.55. The largest absolute Gasteiger partial charge is 0.494 e. The van der Waals surface area contributed by atoms with Crippen LogP contribution in [0.3, 0.4) is 0 Å². The van der Waals surface area contributed by atoms with Gasteiger partial charge in [0.2, 0.25) is 5.95 Å². The number of benzene rings is 1. The predicted octanol–water partition coefficient (Wildman–Crippen LogP) is 2.09. The van der Waals surface area contributed by atoms with Crippen molar-refractivity contribution in [2.45, 2.75) is 32.4 Å². The first-order valence-electron chi connectivity index (χ1n) is 9.76. The number of carbonyl (C=O) groups is 1. The molecule has 0 spiro atoms. The zero-order chi connectivity index (χ0) is 22.4. The maximum Gasteiger partial charge on any atom is 0.251 e. The lowest BCUT2D eigenvalue weighted by Crippen LogP contribution is -2.18. The maximum atomic E-state index is 14.6. The highest BCUT2D eigenvalue weighted by Crippen LogP contribution is 2.24. The van der Waals surface area contributed by atoms with Crippen LogP contribution in [0.5, 0.6) is 5.75 Å². The number of rotatable bonds is 9. The summed E-state index contributed by atoms with van der Waals surface area (Å²) in [7, 11) is 2.88. The Morgan fingerprint density at radius 2 is 2.00 bits per heavy atom. The quantitative estimate of drug-likeness (QED) is 0.478. The molecule has 2 heterocycles. The lowest BCUT2D eigenvalue weighted by atomic mass is 10.0. The van der Waals surface area contributed by atoms with E-state index in [2.05, 4.69) is 25.7 Å². The van der Waals surface area contributed by atoms with Crippen molar-refractivity contribution in [1.29, 1.82) is 0 Å². The minimum atomic E-state index is -0.495. The monoisotopic (exact) mass is 428 g/mol. The van der Waals surface area contributed by atoms with Crippen LogP contribution in [0.4, 0.5) is 16.0 Å². The molecule has 3 rings (SSSR count). The van der Waals surface area contributed by atoms with Crippen molar-refractivity contribution in [3.63, 3.8) is 0 Å². The molecule has 9 nitrogen and oxygen atoms in total. The van der Waals surface area contributed by atoms with Gasteiger partial charge in [0, 0.05) is 31.2 Å². The van der Waals surface area contributed by atoms with Crippen molar-refractivity contribution in [2.75, 3.05) is 19.5 Å². The van der Waals surface area contributed by atoms with Crippen LogP contribution in [0.15, 0.2) is 36.9 Å². The van der Waals surface area contributed by atoms with E-state index in [1.165, 1.54) is 26.3 Å². The van der Waals surface area contributed by atoms with E-state index in [1.807, 2.05) is 0 Å². The smallest absolute Gasteiger partial charge is 0.251 e. The molecule has 3 N–H and O–H groups in total. The number of carbonyl (C=O) groups excluding carboxylic acids is 1. The van der Waals surface area contributed by atoms with E-state index in [1.54, 1.807) is 36.4 Å². The molecule has 0 aliphatic carbocycles. The second-order valence-corrected chi connectivity index (χ2v) is 7.07. The molecule has 0 bridgehead atoms. The van der Waals surface area contributed by atoms with Crippen LogP contribution < -0.4 is 15.4 Å². The Morgan fingerprint density at radius 3 is 2.65 bits per heavy atom. The number of aliphatic hydroxyl groups excluding tert-OH is 1. The molecule has 0 radical (unpaired) electrons. The van der Waals surface area contributed by atoms with E-state index < -0.39 is 11.9 Å². The number of aliphatic hydroxyl groups is 1. The zero-order valence-corrected chi connectivity index (χ0v) is 17.6. The first kappa shape index (κ1) is 22.2. The number of aryl methyl sites for hydroxylation is 2. The number of aromatic nitrogens is 4. The molecule has 1 aromatic carbocycles. The Morgan fingerprint density at radius 1 is 1.26 bits per heavy atom. The third kappa shape index (κ3) is 5.76. The molecule has 0 saturated carbocycles. The second kappa shape index (κ2) is 9.98. The average Bonchev–Trinajstić information content (AvgIpc) is 3.19. The van der Waals surface area contributed by atoms with Gasteiger partial charge in [-0.3, -0.25) is 9.48 Å². The first-order chi connectivity index (χ1) is 14.9. The topological polar surface area (TPSA) is 114 Å². The van der Waals surface area contributed by atoms with Crippen molar-refractivity contribution in [1.82, 2.24) is 25.1 Å². The molecule has 10 heteroatoms. The van der Waals surface area contributed by atoms with Crippen LogP contribution in [0.1, 0.15) is 28.4 Å². The fraction of sp³-hybridized carbons (Fsp3) is 0.333. The van der Waals surface area contributed by atoms with Crippen LogP contribution in [0.2, 0.25) is 0 Å². The number of nitrogens with one attached hydrogen (secondary N) is 2. The summed E-state index contributed by atoms with van der Waals surface area (Å²) in [4.78, 5) is 20.5. The van der Waals surface area contributed by atoms with Crippen LogP contribution >= 0.6 is 0 Å². The molecule has 2 aromatic heterocycles. The van der Waals surface area contributed by atoms with Gasteiger partial charge in [-0.15, -0.1) is 0 Å². The molecule has 31 heavy (non-hydrogen) atoms. The number of methoxy groups -OCH3 is 1. The van der Waals surface area contributed by atoms with Gasteiger partial charge >= 0.3 is 0 Å². The summed E-state index contributed by atoms with van der Waals surface area (Å²) in [5.74, 6) is -0.364. The summed E-state index contributed by atoms with van der Waals surface area (Å²) in [6, 6.07) is 2.91. The van der Waals surface area contributed by atoms with Crippen molar-refractivity contribution in [3.8, 4) is 5.75 Å². The molecule has 0 aliphatic heterocycles. The van der Waals surface area contributed by atoms with E-state index in [0.29, 0.717) is 42.1 Å². The Balaban J connectivity index is 1.65. The van der Waals surface area contributed by atoms with Crippen LogP contribution in [0, 0.1) is 5.82 Å². The number of hydrogen-bond donors (Lipinski definition) is 3. The Bertz CT molecular complexity index is 1040. The Kier molecular flexibility index (Phi) is 7.14. The van der Waals surface area contributed by atoms with Crippen molar-refractivity contribution in [2.24, 2.45) is 0 Å². The number of anilines is 2. The fourth-order valence-corrected chi connectivity index (χ4v) is 3.02. The van der Waals surface area contributed by atoms with Crippen molar-refractivity contribution in [3.05, 3.63) is 59.4 Å². The first-order valence-corrected chi connectivity index (χ1v) is 9.76. The van der Waals surface area contributed by atoms with E-state index in [0.717, 1.165) is 5.56 Å². The molecular weight excluding hydrogens is 403 g/mol. The van der Waals surface area contributed by atoms with Gasteiger partial charge in [-0.25, -0.2) is 14.4 Å². The third-order valence-corrected chi connectivity index (χ3v) is 4.55. The van der Waals surface area contributed by atoms with Gasteiger partial charge in [0.25, 0.3) is 5.91 Å². The lowest BCUT2D eigenvalue weighted by molar-refractivity contribution is 0.0962. The Hall–Kier alpha value is -3.53. The van der Waals surface area contributed by atoms with Crippen LogP contribution in [-0.2, 0) is 19.4 Å². The number of halogens is 1. The summed E-state index contributed by atoms with van der Waals surface area (Å²) in [6.45, 7) is 2.08. The molecule has 0 aliphatic rings. The molecule has 1 amide bonds. The van der Waals surface area contributed by atoms with Crippen LogP contribution in [-0.4, -0.2) is 51.0 Å². The molecule has 164 valence electrons. The SMILES string of the molecule is CNC(=O)c1cc(CCc2cnc(Nc3cnn(C[C@H](C)O)c3)nc2)c(F)c(OC)c1. The average molecular weight is 428 g/mol. The molecule has 0 unspecified atom stereocenters. The molecule has 1 atom stereocenters. The van der Waals surface area contributed by atoms with Gasteiger partial charge in [-0.05, 0) is 43.0 Å². The highest BCUT2D eigenvalue weighted by Gasteiger charge is 2.15. The maximum absolute atomic E-state index is 14.6. The minimum Gasteiger partial charge on any atom is -0.494 e. The number of hydrogen-bond acceptors (Lipinski definition) is 7. The standard InChI is InChI=1S/C21H25FN6O3/c1-13(29)11-28-12-17(10-26-28)27-21-24-8-14(9-25-21)4-5-15-6-16(20(30)23-2)7-18(31-3)19(15)22/h6-10,12-13,29H,4-5,11H2,1-3H3,(H,23,30)(H,24,25,27)/t13-/m0/s1. The van der Waals surface area contributed by atoms with E-state index in [4.69, 9.17) is 4.74 Å². The van der Waals surface area contributed by atoms with E-state index >= 15 is 0 Å². The summed E-state index contributed by atoms with van der Waals surface area (Å²) >= 11 is 0. The van der Waals surface area contributed by atoms with Gasteiger partial charge in [0.05, 0.1) is 31.6 Å². The van der Waals surface area contributed by atoms with Gasteiger partial charge in [0.15, 0.2) is 11.6 Å². The fourth-order valence-electron chi connectivity index (χ4n) is 3.02. The summed E-state index contributed by atoms with van der Waals surface area (Å²) in [5.41, 5.74) is 2.24. The zero-order valence-electron chi connectivity index (χ0n) is 17.6. The van der Waals surface area contributed by atoms with E-state index in [9.17, 15) is 14.3 Å². The second-order valence-electron chi connectivity index (χ2n) is 7.07. The van der Waals surface area contributed by atoms with Gasteiger partial charge in [0.1, 0.15) is 0 Å². The van der Waals surface area contributed by atoms with E-state index in [-0.39, 0.29) is 11.7 Å². The van der Waals surface area contributed by atoms with Gasteiger partial charge < -0.3 is 20.5 Å². The highest BCUT2D eigenvalue weighted by molar-refractivity contribution is 5.94. The Labute approximate surface area is 179 Å². The number of nitrogens with zero attached hydrogens (tertiary/aromatic N) is 4. The van der Waals surface area contributed by atoms with Gasteiger partial charge in [-0.2, -0.15) is 5.10 Å². The predicted molar refractivity (Wildman–Crippen MR) is 113 cm³/mol. The molecule has 0 saturated heterocycles. The molecular formula is C21H25FN6O3. The molecule has 0 fully saturated rings. The summed E-state index contributed by atoms with van der Waals surface area (Å²) in [5, 5.41) is 19.1.